The van der Waals surface area contributed by atoms with Gasteiger partial charge in [0, 0.05) is 13.2 Å². The molecule has 6 nitrogen and oxygen atoms in total. The normalized spacial score (nSPS) is 11.7. The Balaban J connectivity index is 2.52. The van der Waals surface area contributed by atoms with Crippen molar-refractivity contribution in [3.8, 4) is 0 Å². The Morgan fingerprint density at radius 3 is 2.52 bits per heavy atom. The predicted octanol–water partition coefficient (Wildman–Crippen LogP) is 2.79. The molecule has 1 aromatic heterocycles. The first kappa shape index (κ1) is 17.7. The molecule has 0 unspecified atom stereocenters. The largest absolute Gasteiger partial charge is 0.396 e. The molecule has 0 aromatic carbocycles. The zero-order valence-electron chi connectivity index (χ0n) is 12.0. The van der Waals surface area contributed by atoms with Crippen LogP contribution >= 0.6 is 11.3 Å². The maximum atomic E-state index is 12.4. The number of carbonyl (C=O) groups excluding carboxylic acids is 1. The highest BCUT2D eigenvalue weighted by molar-refractivity contribution is 7.15. The molecule has 0 saturated carbocycles. The summed E-state index contributed by atoms with van der Waals surface area (Å²) in [6.45, 7) is 4.45. The highest BCUT2D eigenvalue weighted by Crippen LogP contribution is 2.29. The fraction of sp³-hybridized carbons (Fsp3) is 0.750. The molecule has 0 aliphatic heterocycles. The maximum absolute atomic E-state index is 12.4. The van der Waals surface area contributed by atoms with Gasteiger partial charge in [-0.2, -0.15) is 0 Å². The Bertz CT molecular complexity index is 452. The number of urea groups is 1. The van der Waals surface area contributed by atoms with E-state index in [1.807, 2.05) is 13.8 Å². The lowest BCUT2D eigenvalue weighted by molar-refractivity contribution is 0.150. The summed E-state index contributed by atoms with van der Waals surface area (Å²) in [5.41, 5.74) is -0.165. The van der Waals surface area contributed by atoms with E-state index in [0.717, 1.165) is 12.8 Å². The van der Waals surface area contributed by atoms with Crippen molar-refractivity contribution < 1.29 is 18.7 Å². The second kappa shape index (κ2) is 8.18. The summed E-state index contributed by atoms with van der Waals surface area (Å²) in [4.78, 5) is 11.7. The van der Waals surface area contributed by atoms with Gasteiger partial charge in [0.15, 0.2) is 5.01 Å². The third-order valence-corrected chi connectivity index (χ3v) is 4.46. The minimum atomic E-state index is -2.70. The first-order chi connectivity index (χ1) is 9.96. The minimum absolute atomic E-state index is 0.0311. The molecule has 0 saturated heterocycles. The topological polar surface area (TPSA) is 87.1 Å². The number of halogens is 2. The molecule has 0 atom stereocenters. The standard InChI is InChI=1S/C12H20F2N4O2S/c1-3-12(4-2,5-6-19)7-15-10(20)16-11-18-17-9(21-11)8(13)14/h8,19H,3-7H2,1-2H3,(H2,15,16,18,20). The van der Waals surface area contributed by atoms with Gasteiger partial charge >= 0.3 is 6.03 Å². The summed E-state index contributed by atoms with van der Waals surface area (Å²) < 4.78 is 24.7. The van der Waals surface area contributed by atoms with Gasteiger partial charge in [-0.15, -0.1) is 10.2 Å². The minimum Gasteiger partial charge on any atom is -0.396 e. The number of aliphatic hydroxyl groups is 1. The van der Waals surface area contributed by atoms with Crippen LogP contribution in [0.3, 0.4) is 0 Å². The Kier molecular flexibility index (Phi) is 6.90. The molecule has 0 bridgehead atoms. The lowest BCUT2D eigenvalue weighted by Gasteiger charge is -2.31. The number of rotatable bonds is 8. The molecule has 120 valence electrons. The van der Waals surface area contributed by atoms with E-state index in [-0.39, 0.29) is 17.2 Å². The predicted molar refractivity (Wildman–Crippen MR) is 76.6 cm³/mol. The van der Waals surface area contributed by atoms with Crippen molar-refractivity contribution >= 4 is 22.5 Å². The van der Waals surface area contributed by atoms with Crippen molar-refractivity contribution in [3.63, 3.8) is 0 Å². The Morgan fingerprint density at radius 1 is 1.38 bits per heavy atom. The summed E-state index contributed by atoms with van der Waals surface area (Å²) in [5.74, 6) is 0. The van der Waals surface area contributed by atoms with Gasteiger partial charge in [-0.3, -0.25) is 5.32 Å². The van der Waals surface area contributed by atoms with Crippen LogP contribution in [0.5, 0.6) is 0 Å². The van der Waals surface area contributed by atoms with Crippen molar-refractivity contribution in [3.05, 3.63) is 5.01 Å². The second-order valence-corrected chi connectivity index (χ2v) is 5.74. The molecule has 21 heavy (non-hydrogen) atoms. The molecule has 0 aliphatic rings. The van der Waals surface area contributed by atoms with Crippen LogP contribution in [0, 0.1) is 5.41 Å². The molecule has 0 radical (unpaired) electrons. The van der Waals surface area contributed by atoms with Gasteiger partial charge in [0.05, 0.1) is 0 Å². The highest BCUT2D eigenvalue weighted by atomic mass is 32.1. The van der Waals surface area contributed by atoms with E-state index in [1.54, 1.807) is 0 Å². The lowest BCUT2D eigenvalue weighted by atomic mass is 9.79. The average Bonchev–Trinajstić information content (AvgIpc) is 2.92. The van der Waals surface area contributed by atoms with E-state index in [0.29, 0.717) is 24.3 Å². The van der Waals surface area contributed by atoms with E-state index >= 15 is 0 Å². The number of alkyl halides is 2. The number of nitrogens with zero attached hydrogens (tertiary/aromatic N) is 2. The SMILES string of the molecule is CCC(CC)(CCO)CNC(=O)Nc1nnc(C(F)F)s1. The van der Waals surface area contributed by atoms with Crippen LogP contribution < -0.4 is 10.6 Å². The summed E-state index contributed by atoms with van der Waals surface area (Å²) in [6.07, 6.45) is -0.468. The van der Waals surface area contributed by atoms with Crippen molar-refractivity contribution in [2.24, 2.45) is 5.41 Å². The molecule has 1 heterocycles. The van der Waals surface area contributed by atoms with Gasteiger partial charge in [-0.25, -0.2) is 13.6 Å². The van der Waals surface area contributed by atoms with Crippen LogP contribution in [-0.2, 0) is 0 Å². The van der Waals surface area contributed by atoms with Crippen LogP contribution in [0.1, 0.15) is 44.5 Å². The number of amides is 2. The number of aromatic nitrogens is 2. The first-order valence-corrected chi connectivity index (χ1v) is 7.55. The van der Waals surface area contributed by atoms with Crippen LogP contribution in [0.2, 0.25) is 0 Å². The average molecular weight is 322 g/mol. The zero-order valence-corrected chi connectivity index (χ0v) is 12.8. The van der Waals surface area contributed by atoms with E-state index in [4.69, 9.17) is 5.11 Å². The van der Waals surface area contributed by atoms with Crippen LogP contribution in [0.4, 0.5) is 18.7 Å². The van der Waals surface area contributed by atoms with Crippen molar-refractivity contribution in [2.45, 2.75) is 39.5 Å². The number of carbonyl (C=O) groups is 1. The molecule has 1 aromatic rings. The summed E-state index contributed by atoms with van der Waals surface area (Å²) >= 11 is 0.640. The van der Waals surface area contributed by atoms with Crippen molar-refractivity contribution in [2.75, 3.05) is 18.5 Å². The highest BCUT2D eigenvalue weighted by Gasteiger charge is 2.26. The van der Waals surface area contributed by atoms with E-state index in [2.05, 4.69) is 20.8 Å². The van der Waals surface area contributed by atoms with Gasteiger partial charge in [-0.05, 0) is 24.7 Å². The van der Waals surface area contributed by atoms with Gasteiger partial charge in [0.1, 0.15) is 0 Å². The Hall–Kier alpha value is -1.35. The summed E-state index contributed by atoms with van der Waals surface area (Å²) in [5, 5.41) is 20.5. The number of nitrogens with one attached hydrogen (secondary N) is 2. The molecule has 0 spiro atoms. The van der Waals surface area contributed by atoms with Gasteiger partial charge in [0.2, 0.25) is 5.13 Å². The number of hydrogen-bond acceptors (Lipinski definition) is 5. The van der Waals surface area contributed by atoms with Crippen LogP contribution in [0.15, 0.2) is 0 Å². The molecular weight excluding hydrogens is 302 g/mol. The lowest BCUT2D eigenvalue weighted by Crippen LogP contribution is -2.39. The smallest absolute Gasteiger partial charge is 0.321 e. The summed E-state index contributed by atoms with van der Waals surface area (Å²) in [7, 11) is 0. The van der Waals surface area contributed by atoms with Gasteiger partial charge < -0.3 is 10.4 Å². The van der Waals surface area contributed by atoms with Gasteiger partial charge in [-0.1, -0.05) is 25.2 Å². The van der Waals surface area contributed by atoms with Gasteiger partial charge in [0.25, 0.3) is 6.43 Å². The van der Waals surface area contributed by atoms with Crippen LogP contribution in [0.25, 0.3) is 0 Å². The zero-order chi connectivity index (χ0) is 15.9. The fourth-order valence-electron chi connectivity index (χ4n) is 1.96. The van der Waals surface area contributed by atoms with E-state index in [9.17, 15) is 13.6 Å². The number of aliphatic hydroxyl groups excluding tert-OH is 1. The van der Waals surface area contributed by atoms with Crippen molar-refractivity contribution in [1.29, 1.82) is 0 Å². The molecule has 2 amide bonds. The maximum Gasteiger partial charge on any atom is 0.321 e. The van der Waals surface area contributed by atoms with E-state index < -0.39 is 17.5 Å². The summed E-state index contributed by atoms with van der Waals surface area (Å²) in [6, 6.07) is -0.517. The quantitative estimate of drug-likeness (QED) is 0.687. The Labute approximate surface area is 126 Å². The van der Waals surface area contributed by atoms with E-state index in [1.165, 1.54) is 0 Å². The molecule has 9 heteroatoms. The Morgan fingerprint density at radius 2 is 2.05 bits per heavy atom. The monoisotopic (exact) mass is 322 g/mol. The third-order valence-electron chi connectivity index (χ3n) is 3.61. The first-order valence-electron chi connectivity index (χ1n) is 6.73. The molecule has 3 N–H and O–H groups in total. The molecule has 0 aliphatic carbocycles. The van der Waals surface area contributed by atoms with Crippen molar-refractivity contribution in [1.82, 2.24) is 15.5 Å². The van der Waals surface area contributed by atoms with Crippen LogP contribution in [-0.4, -0.2) is 34.5 Å². The molecule has 0 fully saturated rings. The second-order valence-electron chi connectivity index (χ2n) is 4.73. The third kappa shape index (κ3) is 5.16. The molecular formula is C12H20F2N4O2S. The number of hydrogen-bond donors (Lipinski definition) is 3. The number of anilines is 1. The molecule has 1 rings (SSSR count). The fourth-order valence-corrected chi connectivity index (χ4v) is 2.56.